The molecule has 5 nitrogen and oxygen atoms in total. The van der Waals surface area contributed by atoms with E-state index in [1.807, 2.05) is 0 Å². The van der Waals surface area contributed by atoms with Crippen LogP contribution in [-0.2, 0) is 9.47 Å². The Bertz CT molecular complexity index is 669. The Kier molecular flexibility index (Phi) is 6.44. The Morgan fingerprint density at radius 2 is 1.71 bits per heavy atom. The Morgan fingerprint density at radius 1 is 1.17 bits per heavy atom. The highest BCUT2D eigenvalue weighted by molar-refractivity contribution is 5.90. The molecule has 0 aromatic heterocycles. The van der Waals surface area contributed by atoms with Gasteiger partial charge in [-0.2, -0.15) is 0 Å². The maximum absolute atomic E-state index is 12.1. The van der Waals surface area contributed by atoms with Crippen LogP contribution in [0.5, 0.6) is 0 Å². The molecule has 0 fully saturated rings. The number of nitrogens with one attached hydrogen (secondary N) is 1. The largest absolute Gasteiger partial charge is 0.460 e. The number of terminal acetylenes is 2. The minimum atomic E-state index is -0.595. The predicted octanol–water partition coefficient (Wildman–Crippen LogP) is 2.72. The van der Waals surface area contributed by atoms with Gasteiger partial charge in [0.15, 0.2) is 0 Å². The van der Waals surface area contributed by atoms with Crippen LogP contribution in [-0.4, -0.2) is 30.3 Å². The molecular weight excluding hydrogens is 306 g/mol. The molecule has 1 N–H and O–H groups in total. The van der Waals surface area contributed by atoms with E-state index in [0.29, 0.717) is 11.1 Å². The number of ether oxygens (including phenoxy) is 2. The van der Waals surface area contributed by atoms with Crippen LogP contribution in [0.3, 0.4) is 0 Å². The van der Waals surface area contributed by atoms with E-state index in [1.165, 1.54) is 12.1 Å². The zero-order valence-electron chi connectivity index (χ0n) is 14.3. The summed E-state index contributed by atoms with van der Waals surface area (Å²) in [7, 11) is 0. The van der Waals surface area contributed by atoms with E-state index in [-0.39, 0.29) is 12.2 Å². The third-order valence-corrected chi connectivity index (χ3v) is 2.73. The second-order valence-electron chi connectivity index (χ2n) is 6.23. The summed E-state index contributed by atoms with van der Waals surface area (Å²) in [6, 6.07) is 4.26. The number of hydrogen-bond acceptors (Lipinski definition) is 4. The second kappa shape index (κ2) is 8.08. The summed E-state index contributed by atoms with van der Waals surface area (Å²) in [5.74, 6) is 4.30. The molecule has 1 atom stereocenters. The highest BCUT2D eigenvalue weighted by atomic mass is 16.6. The Balaban J connectivity index is 2.62. The van der Waals surface area contributed by atoms with Crippen molar-refractivity contribution < 1.29 is 19.1 Å². The third-order valence-electron chi connectivity index (χ3n) is 2.73. The van der Waals surface area contributed by atoms with Gasteiger partial charge in [0, 0.05) is 11.1 Å². The number of esters is 1. The average Bonchev–Trinajstić information content (AvgIpc) is 2.49. The van der Waals surface area contributed by atoms with Crippen molar-refractivity contribution in [2.24, 2.45) is 0 Å². The standard InChI is InChI=1S/C19H21NO4/c1-7-14-9-15(8-2)11-16(10-14)17(21)23-12-13(3)20-18(22)24-19(4,5)6/h1-2,9-11,13H,12H2,3-6H3,(H,20,22)/t13-/m1/s1. The molecule has 0 spiro atoms. The minimum Gasteiger partial charge on any atom is -0.460 e. The number of rotatable bonds is 4. The highest BCUT2D eigenvalue weighted by Crippen LogP contribution is 2.11. The number of alkyl carbamates (subject to hydrolysis) is 1. The van der Waals surface area contributed by atoms with Gasteiger partial charge in [0.2, 0.25) is 0 Å². The van der Waals surface area contributed by atoms with Crippen molar-refractivity contribution in [3.8, 4) is 24.7 Å². The van der Waals surface area contributed by atoms with Crippen LogP contribution in [0.25, 0.3) is 0 Å². The predicted molar refractivity (Wildman–Crippen MR) is 91.4 cm³/mol. The van der Waals surface area contributed by atoms with Crippen molar-refractivity contribution in [2.75, 3.05) is 6.61 Å². The summed E-state index contributed by atoms with van der Waals surface area (Å²) < 4.78 is 10.3. The van der Waals surface area contributed by atoms with Gasteiger partial charge in [-0.25, -0.2) is 9.59 Å². The topological polar surface area (TPSA) is 64.6 Å². The third kappa shape index (κ3) is 6.46. The fraction of sp³-hybridized carbons (Fsp3) is 0.368. The lowest BCUT2D eigenvalue weighted by Gasteiger charge is -2.21. The molecule has 1 amide bonds. The lowest BCUT2D eigenvalue weighted by atomic mass is 10.1. The van der Waals surface area contributed by atoms with Crippen LogP contribution in [0, 0.1) is 24.7 Å². The summed E-state index contributed by atoms with van der Waals surface area (Å²) in [5.41, 5.74) is 0.666. The van der Waals surface area contributed by atoms with Crippen molar-refractivity contribution in [2.45, 2.75) is 39.3 Å². The summed E-state index contributed by atoms with van der Waals surface area (Å²) >= 11 is 0. The quantitative estimate of drug-likeness (QED) is 0.682. The van der Waals surface area contributed by atoms with Crippen molar-refractivity contribution in [1.29, 1.82) is 0 Å². The van der Waals surface area contributed by atoms with Crippen LogP contribution in [0.1, 0.15) is 49.2 Å². The van der Waals surface area contributed by atoms with E-state index < -0.39 is 23.7 Å². The molecule has 0 aliphatic rings. The van der Waals surface area contributed by atoms with Gasteiger partial charge in [0.1, 0.15) is 12.2 Å². The molecule has 126 valence electrons. The van der Waals surface area contributed by atoms with Crippen LogP contribution in [0.4, 0.5) is 4.79 Å². The molecule has 1 aromatic rings. The number of amides is 1. The first kappa shape index (κ1) is 19.1. The van der Waals surface area contributed by atoms with E-state index in [2.05, 4.69) is 17.2 Å². The Hall–Kier alpha value is -2.92. The highest BCUT2D eigenvalue weighted by Gasteiger charge is 2.18. The fourth-order valence-corrected chi connectivity index (χ4v) is 1.75. The average molecular weight is 327 g/mol. The van der Waals surface area contributed by atoms with Gasteiger partial charge in [-0.05, 0) is 45.9 Å². The first-order valence-corrected chi connectivity index (χ1v) is 7.39. The van der Waals surface area contributed by atoms with Crippen LogP contribution in [0.2, 0.25) is 0 Å². The normalized spacial score (nSPS) is 11.6. The summed E-state index contributed by atoms with van der Waals surface area (Å²) in [6.45, 7) is 6.97. The Morgan fingerprint density at radius 3 is 2.17 bits per heavy atom. The zero-order valence-corrected chi connectivity index (χ0v) is 14.3. The summed E-state index contributed by atoms with van der Waals surface area (Å²) in [5, 5.41) is 2.59. The van der Waals surface area contributed by atoms with Gasteiger partial charge >= 0.3 is 12.1 Å². The van der Waals surface area contributed by atoms with E-state index in [4.69, 9.17) is 22.3 Å². The van der Waals surface area contributed by atoms with Gasteiger partial charge in [-0.1, -0.05) is 11.8 Å². The van der Waals surface area contributed by atoms with Crippen molar-refractivity contribution >= 4 is 12.1 Å². The lowest BCUT2D eigenvalue weighted by molar-refractivity contribution is 0.0381. The molecule has 0 bridgehead atoms. The molecule has 5 heteroatoms. The molecule has 0 unspecified atom stereocenters. The molecule has 1 rings (SSSR count). The monoisotopic (exact) mass is 327 g/mol. The van der Waals surface area contributed by atoms with Gasteiger partial charge in [-0.3, -0.25) is 0 Å². The SMILES string of the molecule is C#Cc1cc(C#C)cc(C(=O)OC[C@@H](C)NC(=O)OC(C)(C)C)c1. The van der Waals surface area contributed by atoms with Crippen molar-refractivity contribution in [3.05, 3.63) is 34.9 Å². The van der Waals surface area contributed by atoms with Crippen molar-refractivity contribution in [1.82, 2.24) is 5.32 Å². The van der Waals surface area contributed by atoms with Crippen LogP contribution < -0.4 is 5.32 Å². The first-order valence-electron chi connectivity index (χ1n) is 7.39. The molecule has 0 heterocycles. The lowest BCUT2D eigenvalue weighted by Crippen LogP contribution is -2.40. The van der Waals surface area contributed by atoms with Crippen molar-refractivity contribution in [3.63, 3.8) is 0 Å². The molecule has 0 aliphatic carbocycles. The number of hydrogen-bond donors (Lipinski definition) is 1. The smallest absolute Gasteiger partial charge is 0.407 e. The molecule has 0 saturated heterocycles. The Labute approximate surface area is 142 Å². The molecule has 0 aliphatic heterocycles. The van der Waals surface area contributed by atoms with Gasteiger partial charge in [-0.15, -0.1) is 12.8 Å². The van der Waals surface area contributed by atoms with Crippen LogP contribution in [0.15, 0.2) is 18.2 Å². The molecular formula is C19H21NO4. The first-order chi connectivity index (χ1) is 11.1. The maximum Gasteiger partial charge on any atom is 0.407 e. The van der Waals surface area contributed by atoms with Gasteiger partial charge in [0.05, 0.1) is 11.6 Å². The van der Waals surface area contributed by atoms with Gasteiger partial charge < -0.3 is 14.8 Å². The van der Waals surface area contributed by atoms with Gasteiger partial charge in [0.25, 0.3) is 0 Å². The molecule has 0 radical (unpaired) electrons. The maximum atomic E-state index is 12.1. The summed E-state index contributed by atoms with van der Waals surface area (Å²) in [6.07, 6.45) is 10.1. The second-order valence-corrected chi connectivity index (χ2v) is 6.23. The number of carbonyl (C=O) groups excluding carboxylic acids is 2. The van der Waals surface area contributed by atoms with E-state index in [9.17, 15) is 9.59 Å². The number of carbonyl (C=O) groups is 2. The fourth-order valence-electron chi connectivity index (χ4n) is 1.75. The van der Waals surface area contributed by atoms with E-state index in [0.717, 1.165) is 0 Å². The molecule has 24 heavy (non-hydrogen) atoms. The minimum absolute atomic E-state index is 0.0102. The van der Waals surface area contributed by atoms with E-state index in [1.54, 1.807) is 33.8 Å². The molecule has 0 saturated carbocycles. The summed E-state index contributed by atoms with van der Waals surface area (Å²) in [4.78, 5) is 23.7. The van der Waals surface area contributed by atoms with Crippen LogP contribution >= 0.6 is 0 Å². The molecule has 1 aromatic carbocycles. The van der Waals surface area contributed by atoms with E-state index >= 15 is 0 Å². The zero-order chi connectivity index (χ0) is 18.3. The number of benzene rings is 1.